The van der Waals surface area contributed by atoms with Gasteiger partial charge >= 0.3 is 0 Å². The van der Waals surface area contributed by atoms with Crippen LogP contribution in [0.4, 0.5) is 0 Å². The molecule has 58 valence electrons. The Morgan fingerprint density at radius 3 is 2.55 bits per heavy atom. The second-order valence-electron chi connectivity index (χ2n) is 1.71. The molecule has 1 rings (SSSR count). The van der Waals surface area contributed by atoms with Crippen LogP contribution in [0.5, 0.6) is 0 Å². The van der Waals surface area contributed by atoms with Gasteiger partial charge in [0.05, 0.1) is 0 Å². The van der Waals surface area contributed by atoms with Gasteiger partial charge < -0.3 is 10.1 Å². The lowest BCUT2D eigenvalue weighted by molar-refractivity contribution is -0.134. The molecule has 0 atom stereocenters. The quantitative estimate of drug-likeness (QED) is 0.581. The fourth-order valence-electron chi connectivity index (χ4n) is 0.400. The van der Waals surface area contributed by atoms with Crippen LogP contribution in [0.25, 0.3) is 0 Å². The summed E-state index contributed by atoms with van der Waals surface area (Å²) in [4.78, 5) is 11.7. The molecule has 4 nitrogen and oxygen atoms in total. The number of nitrogens with zero attached hydrogens (tertiary/aromatic N) is 1. The Morgan fingerprint density at radius 1 is 1.82 bits per heavy atom. The summed E-state index contributed by atoms with van der Waals surface area (Å²) in [6.45, 7) is 1.08. The van der Waals surface area contributed by atoms with Crippen LogP contribution in [0.1, 0.15) is 12.6 Å². The Kier molecular flexibility index (Phi) is 4.25. The third-order valence-electron chi connectivity index (χ3n) is 0.718. The van der Waals surface area contributed by atoms with Crippen molar-refractivity contribution in [2.75, 3.05) is 0 Å². The summed E-state index contributed by atoms with van der Waals surface area (Å²) in [7, 11) is 0. The summed E-state index contributed by atoms with van der Waals surface area (Å²) < 4.78 is 0. The molecular formula is C7H8N2O2. The number of nitrogens with one attached hydrogen (secondary N) is 1. The van der Waals surface area contributed by atoms with Crippen LogP contribution in [0.2, 0.25) is 0 Å². The Balaban J connectivity index is 0.000000218. The lowest BCUT2D eigenvalue weighted by Crippen LogP contribution is -1.78. The third-order valence-corrected chi connectivity index (χ3v) is 0.718. The zero-order chi connectivity index (χ0) is 8.69. The lowest BCUT2D eigenvalue weighted by Gasteiger charge is -1.66. The normalized spacial score (nSPS) is 7.27. The molecule has 0 amide bonds. The van der Waals surface area contributed by atoms with Crippen molar-refractivity contribution in [3.8, 4) is 6.07 Å². The standard InChI is InChI=1S/C5H4N2.C2H4O2/c6-4-5-2-1-3-7-5;1-2(3)4/h1-3,7H;1H3,(H,3,4). The Hall–Kier alpha value is -1.76. The van der Waals surface area contributed by atoms with Gasteiger partial charge in [0.15, 0.2) is 0 Å². The van der Waals surface area contributed by atoms with E-state index in [0.717, 1.165) is 6.92 Å². The number of carbonyl (C=O) groups is 1. The molecule has 4 heteroatoms. The summed E-state index contributed by atoms with van der Waals surface area (Å²) in [5.41, 5.74) is 0.611. The number of aromatic amines is 1. The summed E-state index contributed by atoms with van der Waals surface area (Å²) in [5.74, 6) is -0.833. The van der Waals surface area contributed by atoms with Crippen LogP contribution < -0.4 is 0 Å². The molecule has 0 saturated carbocycles. The van der Waals surface area contributed by atoms with E-state index in [1.807, 2.05) is 6.07 Å². The molecule has 0 radical (unpaired) electrons. The number of hydrogen-bond acceptors (Lipinski definition) is 2. The topological polar surface area (TPSA) is 76.9 Å². The zero-order valence-electron chi connectivity index (χ0n) is 6.03. The van der Waals surface area contributed by atoms with Crippen molar-refractivity contribution in [3.63, 3.8) is 0 Å². The van der Waals surface area contributed by atoms with Gasteiger partial charge in [0.25, 0.3) is 5.97 Å². The minimum absolute atomic E-state index is 0.611. The maximum absolute atomic E-state index is 9.00. The number of aliphatic carboxylic acids is 1. The monoisotopic (exact) mass is 152 g/mol. The van der Waals surface area contributed by atoms with E-state index in [2.05, 4.69) is 4.98 Å². The van der Waals surface area contributed by atoms with Crippen LogP contribution in [-0.4, -0.2) is 16.1 Å². The molecule has 1 heterocycles. The molecule has 11 heavy (non-hydrogen) atoms. The highest BCUT2D eigenvalue weighted by Gasteiger charge is 1.80. The van der Waals surface area contributed by atoms with Crippen LogP contribution in [-0.2, 0) is 4.79 Å². The maximum atomic E-state index is 9.00. The largest absolute Gasteiger partial charge is 0.481 e. The van der Waals surface area contributed by atoms with Crippen LogP contribution >= 0.6 is 0 Å². The van der Waals surface area contributed by atoms with Gasteiger partial charge in [0.2, 0.25) is 0 Å². The number of rotatable bonds is 0. The summed E-state index contributed by atoms with van der Waals surface area (Å²) in [6.07, 6.45) is 1.72. The molecule has 0 fully saturated rings. The Bertz CT molecular complexity index is 242. The molecule has 0 aliphatic carbocycles. The first-order chi connectivity index (χ1) is 5.16. The summed E-state index contributed by atoms with van der Waals surface area (Å²) in [6, 6.07) is 5.46. The first kappa shape index (κ1) is 9.24. The van der Waals surface area contributed by atoms with E-state index in [9.17, 15) is 0 Å². The van der Waals surface area contributed by atoms with E-state index in [1.165, 1.54) is 0 Å². The maximum Gasteiger partial charge on any atom is 0.300 e. The highest BCUT2D eigenvalue weighted by molar-refractivity contribution is 5.62. The van der Waals surface area contributed by atoms with Crippen LogP contribution in [0, 0.1) is 11.3 Å². The van der Waals surface area contributed by atoms with Crippen molar-refractivity contribution in [1.29, 1.82) is 5.26 Å². The molecule has 0 unspecified atom stereocenters. The Morgan fingerprint density at radius 2 is 2.36 bits per heavy atom. The van der Waals surface area contributed by atoms with E-state index in [-0.39, 0.29) is 0 Å². The van der Waals surface area contributed by atoms with Gasteiger partial charge in [-0.2, -0.15) is 5.26 Å². The van der Waals surface area contributed by atoms with Crippen molar-refractivity contribution < 1.29 is 9.90 Å². The predicted octanol–water partition coefficient (Wildman–Crippen LogP) is 0.977. The van der Waals surface area contributed by atoms with Crippen molar-refractivity contribution in [3.05, 3.63) is 24.0 Å². The summed E-state index contributed by atoms with van der Waals surface area (Å²) >= 11 is 0. The fraction of sp³-hybridized carbons (Fsp3) is 0.143. The second kappa shape index (κ2) is 5.06. The molecule has 0 aliphatic heterocycles. The molecule has 0 aliphatic rings. The van der Waals surface area contributed by atoms with E-state index in [4.69, 9.17) is 15.2 Å². The highest BCUT2D eigenvalue weighted by atomic mass is 16.4. The van der Waals surface area contributed by atoms with Gasteiger partial charge in [-0.1, -0.05) is 0 Å². The second-order valence-corrected chi connectivity index (χ2v) is 1.71. The number of carboxylic acid groups (broad SMARTS) is 1. The van der Waals surface area contributed by atoms with Gasteiger partial charge in [-0.05, 0) is 12.1 Å². The molecule has 0 saturated heterocycles. The van der Waals surface area contributed by atoms with Crippen molar-refractivity contribution in [1.82, 2.24) is 4.98 Å². The van der Waals surface area contributed by atoms with E-state index in [1.54, 1.807) is 18.3 Å². The zero-order valence-corrected chi connectivity index (χ0v) is 6.03. The number of H-pyrrole nitrogens is 1. The van der Waals surface area contributed by atoms with Crippen molar-refractivity contribution in [2.45, 2.75) is 6.92 Å². The van der Waals surface area contributed by atoms with E-state index < -0.39 is 5.97 Å². The van der Waals surface area contributed by atoms with Gasteiger partial charge in [-0.25, -0.2) is 0 Å². The van der Waals surface area contributed by atoms with Crippen LogP contribution in [0.15, 0.2) is 18.3 Å². The summed E-state index contributed by atoms with van der Waals surface area (Å²) in [5, 5.41) is 15.6. The molecule has 2 N–H and O–H groups in total. The molecule has 1 aromatic heterocycles. The number of aromatic nitrogens is 1. The van der Waals surface area contributed by atoms with Crippen molar-refractivity contribution in [2.24, 2.45) is 0 Å². The minimum atomic E-state index is -0.833. The first-order valence-electron chi connectivity index (χ1n) is 2.90. The van der Waals surface area contributed by atoms with E-state index >= 15 is 0 Å². The average molecular weight is 152 g/mol. The molecule has 0 bridgehead atoms. The third kappa shape index (κ3) is 6.12. The van der Waals surface area contributed by atoms with Crippen molar-refractivity contribution >= 4 is 5.97 Å². The predicted molar refractivity (Wildman–Crippen MR) is 38.8 cm³/mol. The molecular weight excluding hydrogens is 144 g/mol. The molecule has 0 aromatic carbocycles. The lowest BCUT2D eigenvalue weighted by atomic mass is 10.5. The smallest absolute Gasteiger partial charge is 0.300 e. The minimum Gasteiger partial charge on any atom is -0.481 e. The van der Waals surface area contributed by atoms with Crippen LogP contribution in [0.3, 0.4) is 0 Å². The average Bonchev–Trinajstić information content (AvgIpc) is 2.36. The number of hydrogen-bond donors (Lipinski definition) is 2. The fourth-order valence-corrected chi connectivity index (χ4v) is 0.400. The number of carboxylic acids is 1. The molecule has 1 aromatic rings. The van der Waals surface area contributed by atoms with E-state index in [0.29, 0.717) is 5.69 Å². The van der Waals surface area contributed by atoms with Gasteiger partial charge in [-0.15, -0.1) is 0 Å². The number of nitriles is 1. The van der Waals surface area contributed by atoms with Gasteiger partial charge in [0.1, 0.15) is 11.8 Å². The first-order valence-corrected chi connectivity index (χ1v) is 2.90. The Labute approximate surface area is 64.1 Å². The van der Waals surface area contributed by atoms with Gasteiger partial charge in [-0.3, -0.25) is 4.79 Å². The highest BCUT2D eigenvalue weighted by Crippen LogP contribution is 1.87. The SMILES string of the molecule is CC(=O)O.N#Cc1ccc[nH]1. The molecule has 0 spiro atoms. The van der Waals surface area contributed by atoms with Gasteiger partial charge in [0, 0.05) is 13.1 Å².